The predicted octanol–water partition coefficient (Wildman–Crippen LogP) is 1.55. The van der Waals surface area contributed by atoms with Crippen molar-refractivity contribution in [1.29, 1.82) is 0 Å². The smallest absolute Gasteiger partial charge is 0.252 e. The molecular formula is C16H21N5O2. The molecule has 122 valence electrons. The Morgan fingerprint density at radius 3 is 2.91 bits per heavy atom. The summed E-state index contributed by atoms with van der Waals surface area (Å²) in [6.07, 6.45) is 2.54. The molecule has 1 N–H and O–H groups in total. The highest BCUT2D eigenvalue weighted by molar-refractivity contribution is 5.99. The van der Waals surface area contributed by atoms with Crippen LogP contribution in [0.1, 0.15) is 31.1 Å². The van der Waals surface area contributed by atoms with E-state index in [1.165, 1.54) is 0 Å². The van der Waals surface area contributed by atoms with Gasteiger partial charge in [0.1, 0.15) is 11.8 Å². The minimum absolute atomic E-state index is 0.0167. The predicted molar refractivity (Wildman–Crippen MR) is 86.5 cm³/mol. The van der Waals surface area contributed by atoms with Crippen LogP contribution in [-0.4, -0.2) is 41.6 Å². The van der Waals surface area contributed by atoms with Gasteiger partial charge in [-0.1, -0.05) is 17.3 Å². The van der Waals surface area contributed by atoms with E-state index in [0.717, 1.165) is 11.4 Å². The molecule has 1 aromatic heterocycles. The quantitative estimate of drug-likeness (QED) is 0.906. The average Bonchev–Trinajstić information content (AvgIpc) is 3.20. The molecule has 0 radical (unpaired) electrons. The van der Waals surface area contributed by atoms with Crippen LogP contribution in [0.3, 0.4) is 0 Å². The van der Waals surface area contributed by atoms with Crippen LogP contribution in [0.5, 0.6) is 5.75 Å². The van der Waals surface area contributed by atoms with Crippen LogP contribution in [-0.2, 0) is 4.79 Å². The molecule has 0 aliphatic carbocycles. The number of benzene rings is 1. The third kappa shape index (κ3) is 2.79. The Balaban J connectivity index is 1.83. The van der Waals surface area contributed by atoms with Crippen LogP contribution in [0.2, 0.25) is 0 Å². The van der Waals surface area contributed by atoms with E-state index in [9.17, 15) is 4.79 Å². The first kappa shape index (κ1) is 15.5. The molecule has 2 heterocycles. The zero-order chi connectivity index (χ0) is 16.4. The van der Waals surface area contributed by atoms with E-state index >= 15 is 0 Å². The van der Waals surface area contributed by atoms with Crippen LogP contribution in [0.15, 0.2) is 30.5 Å². The number of ether oxygens (including phenoxy) is 1. The highest BCUT2D eigenvalue weighted by Crippen LogP contribution is 2.34. The molecule has 0 bridgehead atoms. The Morgan fingerprint density at radius 2 is 2.17 bits per heavy atom. The lowest BCUT2D eigenvalue weighted by Crippen LogP contribution is -2.28. The summed E-state index contributed by atoms with van der Waals surface area (Å²) < 4.78 is 7.03. The molecule has 2 unspecified atom stereocenters. The number of para-hydroxylation sites is 2. The second-order valence-electron chi connectivity index (χ2n) is 5.60. The van der Waals surface area contributed by atoms with Crippen LogP contribution < -0.4 is 15.0 Å². The van der Waals surface area contributed by atoms with Gasteiger partial charge in [-0.15, -0.1) is 5.10 Å². The van der Waals surface area contributed by atoms with E-state index in [4.69, 9.17) is 4.74 Å². The van der Waals surface area contributed by atoms with Gasteiger partial charge in [0.05, 0.1) is 24.7 Å². The largest absolute Gasteiger partial charge is 0.495 e. The maximum atomic E-state index is 12.8. The third-order valence-corrected chi connectivity index (χ3v) is 4.28. The zero-order valence-corrected chi connectivity index (χ0v) is 13.6. The Bertz CT molecular complexity index is 699. The number of aromatic nitrogens is 3. The maximum absolute atomic E-state index is 12.8. The topological polar surface area (TPSA) is 72.3 Å². The molecule has 7 nitrogen and oxygen atoms in total. The molecule has 1 aliphatic rings. The fourth-order valence-electron chi connectivity index (χ4n) is 2.79. The Morgan fingerprint density at radius 1 is 1.39 bits per heavy atom. The summed E-state index contributed by atoms with van der Waals surface area (Å²) in [5, 5.41) is 11.4. The Hall–Kier alpha value is -2.41. The van der Waals surface area contributed by atoms with Crippen LogP contribution >= 0.6 is 0 Å². The number of hydrogen-bond donors (Lipinski definition) is 1. The molecule has 1 saturated heterocycles. The standard InChI is InChI=1S/C16H21N5O2/c1-11(17-2)12-10-21(19-18-12)14-8-9-20(16(14)22)13-6-4-5-7-15(13)23-3/h4-7,10-11,14,17H,8-9H2,1-3H3. The summed E-state index contributed by atoms with van der Waals surface area (Å²) in [6.45, 7) is 2.65. The molecule has 1 aliphatic heterocycles. The second kappa shape index (κ2) is 6.37. The molecule has 23 heavy (non-hydrogen) atoms. The van der Waals surface area contributed by atoms with E-state index in [-0.39, 0.29) is 18.0 Å². The minimum Gasteiger partial charge on any atom is -0.495 e. The number of carbonyl (C=O) groups is 1. The lowest BCUT2D eigenvalue weighted by atomic mass is 10.2. The van der Waals surface area contributed by atoms with Crippen molar-refractivity contribution < 1.29 is 9.53 Å². The molecule has 0 spiro atoms. The molecule has 0 saturated carbocycles. The SMILES string of the molecule is CNC(C)c1cn(C2CCN(c3ccccc3OC)C2=O)nn1. The van der Waals surface area contributed by atoms with Crippen LogP contribution in [0, 0.1) is 0 Å². The van der Waals surface area contributed by atoms with Crippen molar-refractivity contribution in [2.45, 2.75) is 25.4 Å². The molecule has 7 heteroatoms. The Kier molecular flexibility index (Phi) is 4.29. The van der Waals surface area contributed by atoms with Gasteiger partial charge in [-0.3, -0.25) is 4.79 Å². The third-order valence-electron chi connectivity index (χ3n) is 4.28. The molecule has 3 rings (SSSR count). The van der Waals surface area contributed by atoms with E-state index in [1.807, 2.05) is 44.4 Å². The summed E-state index contributed by atoms with van der Waals surface area (Å²) in [4.78, 5) is 14.5. The zero-order valence-electron chi connectivity index (χ0n) is 13.6. The first-order valence-electron chi connectivity index (χ1n) is 7.69. The van der Waals surface area contributed by atoms with Gasteiger partial charge in [0.15, 0.2) is 0 Å². The highest BCUT2D eigenvalue weighted by Gasteiger charge is 2.36. The monoisotopic (exact) mass is 315 g/mol. The van der Waals surface area contributed by atoms with Crippen molar-refractivity contribution in [2.75, 3.05) is 25.6 Å². The fraction of sp³-hybridized carbons (Fsp3) is 0.438. The van der Waals surface area contributed by atoms with Crippen LogP contribution in [0.25, 0.3) is 0 Å². The van der Waals surface area contributed by atoms with Crippen molar-refractivity contribution in [3.05, 3.63) is 36.2 Å². The second-order valence-corrected chi connectivity index (χ2v) is 5.60. The van der Waals surface area contributed by atoms with Crippen molar-refractivity contribution in [3.63, 3.8) is 0 Å². The van der Waals surface area contributed by atoms with Crippen molar-refractivity contribution >= 4 is 11.6 Å². The number of nitrogens with zero attached hydrogens (tertiary/aromatic N) is 4. The minimum atomic E-state index is -0.315. The lowest BCUT2D eigenvalue weighted by Gasteiger charge is -2.19. The molecule has 2 atom stereocenters. The number of carbonyl (C=O) groups excluding carboxylic acids is 1. The Labute approximate surface area is 135 Å². The molecule has 1 aromatic carbocycles. The number of anilines is 1. The van der Waals surface area contributed by atoms with E-state index < -0.39 is 0 Å². The van der Waals surface area contributed by atoms with Gasteiger partial charge >= 0.3 is 0 Å². The summed E-state index contributed by atoms with van der Waals surface area (Å²) >= 11 is 0. The highest BCUT2D eigenvalue weighted by atomic mass is 16.5. The number of rotatable bonds is 5. The number of hydrogen-bond acceptors (Lipinski definition) is 5. The number of amides is 1. The van der Waals surface area contributed by atoms with Gasteiger partial charge in [0, 0.05) is 12.6 Å². The summed E-state index contributed by atoms with van der Waals surface area (Å²) in [5.74, 6) is 0.715. The fourth-order valence-corrected chi connectivity index (χ4v) is 2.79. The van der Waals surface area contributed by atoms with Gasteiger partial charge in [-0.05, 0) is 32.5 Å². The van der Waals surface area contributed by atoms with Crippen molar-refractivity contribution in [1.82, 2.24) is 20.3 Å². The van der Waals surface area contributed by atoms with Gasteiger partial charge < -0.3 is 15.0 Å². The summed E-state index contributed by atoms with van der Waals surface area (Å²) in [7, 11) is 3.48. The summed E-state index contributed by atoms with van der Waals surface area (Å²) in [6, 6.07) is 7.34. The number of nitrogens with one attached hydrogen (secondary N) is 1. The van der Waals surface area contributed by atoms with E-state index in [0.29, 0.717) is 18.7 Å². The normalized spacial score (nSPS) is 19.2. The van der Waals surface area contributed by atoms with E-state index in [2.05, 4.69) is 15.6 Å². The summed E-state index contributed by atoms with van der Waals surface area (Å²) in [5.41, 5.74) is 1.63. The molecular weight excluding hydrogens is 294 g/mol. The average molecular weight is 315 g/mol. The first-order valence-corrected chi connectivity index (χ1v) is 7.69. The maximum Gasteiger partial charge on any atom is 0.252 e. The van der Waals surface area contributed by atoms with E-state index in [1.54, 1.807) is 16.7 Å². The van der Waals surface area contributed by atoms with Crippen molar-refractivity contribution in [2.24, 2.45) is 0 Å². The van der Waals surface area contributed by atoms with Gasteiger partial charge in [-0.2, -0.15) is 0 Å². The molecule has 1 amide bonds. The lowest BCUT2D eigenvalue weighted by molar-refractivity contribution is -0.120. The number of methoxy groups -OCH3 is 1. The molecule has 1 fully saturated rings. The van der Waals surface area contributed by atoms with Gasteiger partial charge in [-0.25, -0.2) is 4.68 Å². The van der Waals surface area contributed by atoms with Crippen molar-refractivity contribution in [3.8, 4) is 5.75 Å². The van der Waals surface area contributed by atoms with Gasteiger partial charge in [0.2, 0.25) is 0 Å². The molecule has 2 aromatic rings. The first-order chi connectivity index (χ1) is 11.2. The van der Waals surface area contributed by atoms with Gasteiger partial charge in [0.25, 0.3) is 5.91 Å². The van der Waals surface area contributed by atoms with Crippen LogP contribution in [0.4, 0.5) is 5.69 Å².